The van der Waals surface area contributed by atoms with Crippen LogP contribution in [0.2, 0.25) is 0 Å². The molecule has 6 heteroatoms. The summed E-state index contributed by atoms with van der Waals surface area (Å²) in [6.45, 7) is 5.29. The Morgan fingerprint density at radius 2 is 1.47 bits per heavy atom. The van der Waals surface area contributed by atoms with Gasteiger partial charge in [0.2, 0.25) is 0 Å². The molecule has 2 atom stereocenters. The Balaban J connectivity index is 4.15. The van der Waals surface area contributed by atoms with Crippen LogP contribution in [0.3, 0.4) is 0 Å². The minimum atomic E-state index is -0.599. The van der Waals surface area contributed by atoms with Gasteiger partial charge in [0.25, 0.3) is 0 Å². The van der Waals surface area contributed by atoms with Crippen LogP contribution in [0.5, 0.6) is 0 Å². The summed E-state index contributed by atoms with van der Waals surface area (Å²) in [7, 11) is 3.05. The molecule has 0 aliphatic rings. The standard InChI is InChI=1S/C13H22O6/c1-9(13(15)19-8-11(3)17-5)6-12(14)18-7-10(2)16-4/h6,10-11H,7-8H2,1-5H3/b9-6+. The summed E-state index contributed by atoms with van der Waals surface area (Å²) < 4.78 is 19.7. The smallest absolute Gasteiger partial charge is 0.334 e. The van der Waals surface area contributed by atoms with E-state index in [4.69, 9.17) is 18.9 Å². The van der Waals surface area contributed by atoms with Crippen LogP contribution >= 0.6 is 0 Å². The fraction of sp³-hybridized carbons (Fsp3) is 0.692. The number of hydrogen-bond acceptors (Lipinski definition) is 6. The van der Waals surface area contributed by atoms with E-state index in [9.17, 15) is 9.59 Å². The number of carbonyl (C=O) groups excluding carboxylic acids is 2. The first kappa shape index (κ1) is 17.6. The van der Waals surface area contributed by atoms with Crippen molar-refractivity contribution < 1.29 is 28.5 Å². The third kappa shape index (κ3) is 8.34. The normalized spacial score (nSPS) is 14.7. The van der Waals surface area contributed by atoms with Crippen molar-refractivity contribution in [3.8, 4) is 0 Å². The highest BCUT2D eigenvalue weighted by Gasteiger charge is 2.11. The molecule has 0 aliphatic carbocycles. The minimum Gasteiger partial charge on any atom is -0.460 e. The van der Waals surface area contributed by atoms with Gasteiger partial charge < -0.3 is 18.9 Å². The molecule has 0 saturated carbocycles. The van der Waals surface area contributed by atoms with Crippen LogP contribution in [0.15, 0.2) is 11.6 Å². The maximum atomic E-state index is 11.5. The first-order chi connectivity index (χ1) is 8.90. The molecule has 0 aromatic carbocycles. The zero-order chi connectivity index (χ0) is 14.8. The molecule has 0 saturated heterocycles. The van der Waals surface area contributed by atoms with E-state index in [-0.39, 0.29) is 31.0 Å². The Morgan fingerprint density at radius 1 is 1.00 bits per heavy atom. The maximum Gasteiger partial charge on any atom is 0.334 e. The molecule has 0 heterocycles. The molecule has 0 radical (unpaired) electrons. The van der Waals surface area contributed by atoms with Crippen molar-refractivity contribution in [2.45, 2.75) is 33.0 Å². The van der Waals surface area contributed by atoms with Crippen molar-refractivity contribution in [2.24, 2.45) is 0 Å². The average Bonchev–Trinajstić information content (AvgIpc) is 2.41. The summed E-state index contributed by atoms with van der Waals surface area (Å²) >= 11 is 0. The number of carbonyl (C=O) groups is 2. The lowest BCUT2D eigenvalue weighted by atomic mass is 10.3. The van der Waals surface area contributed by atoms with Crippen LogP contribution in [0.4, 0.5) is 0 Å². The summed E-state index contributed by atoms with van der Waals surface area (Å²) in [5.41, 5.74) is 0.179. The summed E-state index contributed by atoms with van der Waals surface area (Å²) in [4.78, 5) is 22.9. The Morgan fingerprint density at radius 3 is 1.95 bits per heavy atom. The second-order valence-electron chi connectivity index (χ2n) is 4.15. The molecule has 6 nitrogen and oxygen atoms in total. The predicted molar refractivity (Wildman–Crippen MR) is 68.6 cm³/mol. The molecule has 0 aromatic rings. The Hall–Kier alpha value is -1.40. The zero-order valence-corrected chi connectivity index (χ0v) is 12.1. The van der Waals surface area contributed by atoms with E-state index in [0.29, 0.717) is 0 Å². The molecule has 0 aliphatic heterocycles. The van der Waals surface area contributed by atoms with Gasteiger partial charge in [-0.05, 0) is 20.8 Å². The molecule has 0 spiro atoms. The number of methoxy groups -OCH3 is 2. The molecular formula is C13H22O6. The minimum absolute atomic E-state index is 0.134. The van der Waals surface area contributed by atoms with Crippen molar-refractivity contribution in [3.63, 3.8) is 0 Å². The van der Waals surface area contributed by atoms with Gasteiger partial charge in [0.15, 0.2) is 0 Å². The fourth-order valence-electron chi connectivity index (χ4n) is 0.920. The summed E-state index contributed by atoms with van der Waals surface area (Å²) in [5, 5.41) is 0. The molecule has 0 aromatic heterocycles. The fourth-order valence-corrected chi connectivity index (χ4v) is 0.920. The summed E-state index contributed by atoms with van der Waals surface area (Å²) in [6, 6.07) is 0. The topological polar surface area (TPSA) is 71.1 Å². The molecule has 0 N–H and O–H groups in total. The predicted octanol–water partition coefficient (Wildman–Crippen LogP) is 1.09. The zero-order valence-electron chi connectivity index (χ0n) is 12.1. The monoisotopic (exact) mass is 274 g/mol. The lowest BCUT2D eigenvalue weighted by Crippen LogP contribution is -2.19. The molecule has 110 valence electrons. The van der Waals surface area contributed by atoms with Crippen molar-refractivity contribution in [1.82, 2.24) is 0 Å². The van der Waals surface area contributed by atoms with E-state index >= 15 is 0 Å². The van der Waals surface area contributed by atoms with E-state index in [1.807, 2.05) is 0 Å². The van der Waals surface area contributed by atoms with Gasteiger partial charge in [0.1, 0.15) is 13.2 Å². The van der Waals surface area contributed by atoms with Gasteiger partial charge in [-0.15, -0.1) is 0 Å². The molecule has 0 amide bonds. The van der Waals surface area contributed by atoms with Crippen molar-refractivity contribution in [2.75, 3.05) is 27.4 Å². The third-order valence-electron chi connectivity index (χ3n) is 2.37. The third-order valence-corrected chi connectivity index (χ3v) is 2.37. The molecule has 0 rings (SSSR count). The summed E-state index contributed by atoms with van der Waals surface area (Å²) in [6.07, 6.45) is 0.723. The second-order valence-corrected chi connectivity index (χ2v) is 4.15. The van der Waals surface area contributed by atoms with E-state index in [2.05, 4.69) is 0 Å². The van der Waals surface area contributed by atoms with Crippen LogP contribution in [0.25, 0.3) is 0 Å². The lowest BCUT2D eigenvalue weighted by molar-refractivity contribution is -0.144. The van der Waals surface area contributed by atoms with Gasteiger partial charge in [-0.3, -0.25) is 0 Å². The van der Waals surface area contributed by atoms with Crippen LogP contribution in [-0.2, 0) is 28.5 Å². The van der Waals surface area contributed by atoms with Gasteiger partial charge in [-0.1, -0.05) is 0 Å². The van der Waals surface area contributed by atoms with Crippen LogP contribution in [0.1, 0.15) is 20.8 Å². The molecule has 19 heavy (non-hydrogen) atoms. The highest BCUT2D eigenvalue weighted by molar-refractivity contribution is 5.95. The molecule has 0 fully saturated rings. The van der Waals surface area contributed by atoms with Gasteiger partial charge >= 0.3 is 11.9 Å². The number of hydrogen-bond donors (Lipinski definition) is 0. The van der Waals surface area contributed by atoms with E-state index in [1.165, 1.54) is 21.1 Å². The summed E-state index contributed by atoms with van der Waals surface area (Å²) in [5.74, 6) is -1.17. The van der Waals surface area contributed by atoms with Crippen molar-refractivity contribution in [1.29, 1.82) is 0 Å². The van der Waals surface area contributed by atoms with Gasteiger partial charge in [0.05, 0.1) is 12.2 Å². The lowest BCUT2D eigenvalue weighted by Gasteiger charge is -2.11. The molecule has 2 unspecified atom stereocenters. The van der Waals surface area contributed by atoms with Crippen LogP contribution < -0.4 is 0 Å². The van der Waals surface area contributed by atoms with Crippen LogP contribution in [-0.4, -0.2) is 51.6 Å². The average molecular weight is 274 g/mol. The highest BCUT2D eigenvalue weighted by atomic mass is 16.6. The Labute approximate surface area is 113 Å². The second kappa shape index (κ2) is 9.52. The van der Waals surface area contributed by atoms with Gasteiger partial charge in [-0.25, -0.2) is 9.59 Å². The number of esters is 2. The van der Waals surface area contributed by atoms with E-state index in [0.717, 1.165) is 6.08 Å². The maximum absolute atomic E-state index is 11.5. The Bertz CT molecular complexity index is 323. The van der Waals surface area contributed by atoms with Crippen LogP contribution in [0, 0.1) is 0 Å². The van der Waals surface area contributed by atoms with Gasteiger partial charge in [0, 0.05) is 25.9 Å². The van der Waals surface area contributed by atoms with E-state index < -0.39 is 11.9 Å². The molecular weight excluding hydrogens is 252 g/mol. The SMILES string of the molecule is COC(C)COC(=O)/C=C(\C)C(=O)OCC(C)OC. The van der Waals surface area contributed by atoms with Crippen molar-refractivity contribution in [3.05, 3.63) is 11.6 Å². The number of ether oxygens (including phenoxy) is 4. The number of rotatable bonds is 8. The first-order valence-electron chi connectivity index (χ1n) is 5.98. The largest absolute Gasteiger partial charge is 0.460 e. The quantitative estimate of drug-likeness (QED) is 0.487. The molecule has 0 bridgehead atoms. The van der Waals surface area contributed by atoms with E-state index in [1.54, 1.807) is 13.8 Å². The highest BCUT2D eigenvalue weighted by Crippen LogP contribution is 2.00. The Kier molecular flexibility index (Phi) is 8.82. The first-order valence-corrected chi connectivity index (χ1v) is 5.98. The van der Waals surface area contributed by atoms with Crippen molar-refractivity contribution >= 4 is 11.9 Å². The van der Waals surface area contributed by atoms with Gasteiger partial charge in [-0.2, -0.15) is 0 Å².